The number of benzene rings is 1. The average Bonchev–Trinajstić information content (AvgIpc) is 3.06. The summed E-state index contributed by atoms with van der Waals surface area (Å²) in [4.78, 5) is 16.4. The molecule has 2 N–H and O–H groups in total. The van der Waals surface area contributed by atoms with Gasteiger partial charge in [-0.1, -0.05) is 35.0 Å². The van der Waals surface area contributed by atoms with Crippen molar-refractivity contribution in [2.24, 2.45) is 0 Å². The van der Waals surface area contributed by atoms with E-state index >= 15 is 0 Å². The quantitative estimate of drug-likeness (QED) is 0.621. The summed E-state index contributed by atoms with van der Waals surface area (Å²) in [6.45, 7) is 1.71. The number of pyridine rings is 1. The number of anilines is 1. The molecule has 0 radical (unpaired) electrons. The zero-order valence-corrected chi connectivity index (χ0v) is 15.6. The molecule has 0 fully saturated rings. The van der Waals surface area contributed by atoms with Crippen molar-refractivity contribution >= 4 is 46.7 Å². The average molecular weight is 411 g/mol. The Morgan fingerprint density at radius 3 is 2.73 bits per heavy atom. The second kappa shape index (κ2) is 7.90. The van der Waals surface area contributed by atoms with E-state index in [0.29, 0.717) is 15.9 Å². The molecule has 0 aliphatic carbocycles. The Morgan fingerprint density at radius 1 is 1.31 bits per heavy atom. The van der Waals surface area contributed by atoms with Gasteiger partial charge in [0.2, 0.25) is 11.1 Å². The lowest BCUT2D eigenvalue weighted by atomic mass is 10.3. The monoisotopic (exact) mass is 410 g/mol. The number of aromatic nitrogens is 5. The number of thioether (sulfide) groups is 1. The zero-order chi connectivity index (χ0) is 18.7. The molecular weight excluding hydrogens is 399 g/mol. The van der Waals surface area contributed by atoms with E-state index in [4.69, 9.17) is 23.2 Å². The number of rotatable bonds is 5. The molecular formula is C15H12Cl2N6O2S. The van der Waals surface area contributed by atoms with Gasteiger partial charge in [0.05, 0.1) is 21.0 Å². The standard InChI is InChI=1S/C15H12Cl2N6O2S/c1-8(14(25)19-13-12(17)6-9(16)7-18-13)26-15-20-21-22-23(15)10-2-4-11(24)5-3-10/h2-8,24H,1H3,(H,18,19,25)/t8-/m0/s1. The number of aromatic hydroxyl groups is 1. The molecule has 11 heteroatoms. The van der Waals surface area contributed by atoms with Gasteiger partial charge in [0.15, 0.2) is 5.82 Å². The highest BCUT2D eigenvalue weighted by Gasteiger charge is 2.20. The van der Waals surface area contributed by atoms with Crippen LogP contribution in [0.2, 0.25) is 10.0 Å². The Labute approximate surface area is 162 Å². The van der Waals surface area contributed by atoms with E-state index < -0.39 is 5.25 Å². The highest BCUT2D eigenvalue weighted by atomic mass is 35.5. The molecule has 1 amide bonds. The van der Waals surface area contributed by atoms with Crippen molar-refractivity contribution in [3.8, 4) is 11.4 Å². The lowest BCUT2D eigenvalue weighted by Gasteiger charge is -2.12. The molecule has 134 valence electrons. The van der Waals surface area contributed by atoms with Gasteiger partial charge in [-0.15, -0.1) is 5.10 Å². The molecule has 1 atom stereocenters. The first-order valence-corrected chi connectivity index (χ1v) is 8.94. The number of tetrazole rings is 1. The first-order valence-electron chi connectivity index (χ1n) is 7.30. The number of phenols is 1. The van der Waals surface area contributed by atoms with Crippen LogP contribution < -0.4 is 5.32 Å². The maximum Gasteiger partial charge on any atom is 0.238 e. The molecule has 26 heavy (non-hydrogen) atoms. The molecule has 8 nitrogen and oxygen atoms in total. The van der Waals surface area contributed by atoms with Crippen molar-refractivity contribution in [1.29, 1.82) is 0 Å². The normalized spacial score (nSPS) is 12.0. The van der Waals surface area contributed by atoms with Gasteiger partial charge in [0.1, 0.15) is 5.75 Å². The van der Waals surface area contributed by atoms with E-state index in [1.54, 1.807) is 19.1 Å². The summed E-state index contributed by atoms with van der Waals surface area (Å²) in [5, 5.41) is 24.0. The number of nitrogens with zero attached hydrogens (tertiary/aromatic N) is 5. The van der Waals surface area contributed by atoms with Crippen LogP contribution in [-0.4, -0.2) is 41.5 Å². The van der Waals surface area contributed by atoms with E-state index in [1.165, 1.54) is 40.8 Å². The molecule has 3 aromatic rings. The minimum absolute atomic E-state index is 0.135. The summed E-state index contributed by atoms with van der Waals surface area (Å²) >= 11 is 13.0. The van der Waals surface area contributed by atoms with Crippen LogP contribution in [0.1, 0.15) is 6.92 Å². The van der Waals surface area contributed by atoms with Gasteiger partial charge in [-0.3, -0.25) is 4.79 Å². The maximum atomic E-state index is 12.4. The molecule has 2 aromatic heterocycles. The van der Waals surface area contributed by atoms with Crippen LogP contribution in [0.25, 0.3) is 5.69 Å². The Morgan fingerprint density at radius 2 is 2.04 bits per heavy atom. The first-order chi connectivity index (χ1) is 12.4. The molecule has 0 saturated heterocycles. The molecule has 0 aliphatic rings. The van der Waals surface area contributed by atoms with Gasteiger partial charge in [0.25, 0.3) is 0 Å². The van der Waals surface area contributed by atoms with Gasteiger partial charge in [-0.05, 0) is 47.7 Å². The second-order valence-corrected chi connectivity index (χ2v) is 7.27. The minimum atomic E-state index is -0.523. The van der Waals surface area contributed by atoms with Gasteiger partial charge in [0, 0.05) is 6.20 Å². The largest absolute Gasteiger partial charge is 0.508 e. The molecule has 2 heterocycles. The molecule has 0 aliphatic heterocycles. The number of amides is 1. The third-order valence-corrected chi connectivity index (χ3v) is 4.76. The molecule has 0 bridgehead atoms. The van der Waals surface area contributed by atoms with E-state index in [0.717, 1.165) is 0 Å². The van der Waals surface area contributed by atoms with Crippen LogP contribution in [0.4, 0.5) is 5.82 Å². The number of carbonyl (C=O) groups excluding carboxylic acids is 1. The van der Waals surface area contributed by atoms with Crippen molar-refractivity contribution in [2.75, 3.05) is 5.32 Å². The highest BCUT2D eigenvalue weighted by Crippen LogP contribution is 2.26. The first kappa shape index (κ1) is 18.4. The van der Waals surface area contributed by atoms with Crippen LogP contribution >= 0.6 is 35.0 Å². The second-order valence-electron chi connectivity index (χ2n) is 5.12. The predicted octanol–water partition coefficient (Wildman–Crippen LogP) is 3.19. The number of phenolic OH excluding ortho intramolecular Hbond substituents is 1. The fourth-order valence-electron chi connectivity index (χ4n) is 1.94. The summed E-state index contributed by atoms with van der Waals surface area (Å²) in [7, 11) is 0. The number of hydrogen-bond donors (Lipinski definition) is 2. The van der Waals surface area contributed by atoms with Crippen LogP contribution in [0, 0.1) is 0 Å². The minimum Gasteiger partial charge on any atom is -0.508 e. The Hall–Kier alpha value is -2.36. The third-order valence-electron chi connectivity index (χ3n) is 3.24. The lowest BCUT2D eigenvalue weighted by molar-refractivity contribution is -0.115. The van der Waals surface area contributed by atoms with Gasteiger partial charge in [-0.2, -0.15) is 4.68 Å². The van der Waals surface area contributed by atoms with Gasteiger partial charge in [-0.25, -0.2) is 4.98 Å². The van der Waals surface area contributed by atoms with Crippen molar-refractivity contribution < 1.29 is 9.90 Å². The van der Waals surface area contributed by atoms with Gasteiger partial charge < -0.3 is 10.4 Å². The molecule has 0 unspecified atom stereocenters. The SMILES string of the molecule is C[C@H](Sc1nnnn1-c1ccc(O)cc1)C(=O)Nc1ncc(Cl)cc1Cl. The van der Waals surface area contributed by atoms with Crippen LogP contribution in [0.3, 0.4) is 0 Å². The zero-order valence-electron chi connectivity index (χ0n) is 13.3. The molecule has 3 rings (SSSR count). The van der Waals surface area contributed by atoms with Gasteiger partial charge >= 0.3 is 0 Å². The van der Waals surface area contributed by atoms with Crippen molar-refractivity contribution in [1.82, 2.24) is 25.2 Å². The number of halogens is 2. The van der Waals surface area contributed by atoms with E-state index in [-0.39, 0.29) is 22.5 Å². The number of hydrogen-bond acceptors (Lipinski definition) is 7. The number of nitrogens with one attached hydrogen (secondary N) is 1. The molecule has 0 spiro atoms. The molecule has 0 saturated carbocycles. The predicted molar refractivity (Wildman–Crippen MR) is 99.0 cm³/mol. The lowest BCUT2D eigenvalue weighted by Crippen LogP contribution is -2.23. The maximum absolute atomic E-state index is 12.4. The Bertz CT molecular complexity index is 934. The Kier molecular flexibility index (Phi) is 5.60. The van der Waals surface area contributed by atoms with Crippen molar-refractivity contribution in [2.45, 2.75) is 17.3 Å². The molecule has 1 aromatic carbocycles. The topological polar surface area (TPSA) is 106 Å². The Balaban J connectivity index is 1.72. The van der Waals surface area contributed by atoms with Crippen molar-refractivity contribution in [3.63, 3.8) is 0 Å². The fraction of sp³-hybridized carbons (Fsp3) is 0.133. The van der Waals surface area contributed by atoms with Crippen LogP contribution in [0.15, 0.2) is 41.7 Å². The van der Waals surface area contributed by atoms with E-state index in [9.17, 15) is 9.90 Å². The van der Waals surface area contributed by atoms with Crippen molar-refractivity contribution in [3.05, 3.63) is 46.6 Å². The summed E-state index contributed by atoms with van der Waals surface area (Å²) in [6.07, 6.45) is 1.40. The summed E-state index contributed by atoms with van der Waals surface area (Å²) < 4.78 is 1.47. The summed E-state index contributed by atoms with van der Waals surface area (Å²) in [5.41, 5.74) is 0.658. The summed E-state index contributed by atoms with van der Waals surface area (Å²) in [6, 6.07) is 7.87. The summed E-state index contributed by atoms with van der Waals surface area (Å²) in [5.74, 6) is 0.0507. The smallest absolute Gasteiger partial charge is 0.238 e. The van der Waals surface area contributed by atoms with Crippen LogP contribution in [0.5, 0.6) is 5.75 Å². The number of carbonyl (C=O) groups is 1. The third kappa shape index (κ3) is 4.24. The van der Waals surface area contributed by atoms with E-state index in [2.05, 4.69) is 25.8 Å². The fourth-order valence-corrected chi connectivity index (χ4v) is 3.18. The highest BCUT2D eigenvalue weighted by molar-refractivity contribution is 8.00. The van der Waals surface area contributed by atoms with E-state index in [1.807, 2.05) is 0 Å². The van der Waals surface area contributed by atoms with Crippen LogP contribution in [-0.2, 0) is 4.79 Å².